The van der Waals surface area contributed by atoms with Crippen LogP contribution in [0.25, 0.3) is 10.9 Å². The fourth-order valence-electron chi connectivity index (χ4n) is 2.61. The number of rotatable bonds is 7. The summed E-state index contributed by atoms with van der Waals surface area (Å²) in [5, 5.41) is 4.35. The van der Waals surface area contributed by atoms with E-state index in [1.165, 1.54) is 10.9 Å². The molecule has 108 valence electrons. The normalized spacial score (nSPS) is 12.5. The van der Waals surface area contributed by atoms with E-state index >= 15 is 0 Å². The number of aromatic amines is 1. The van der Waals surface area contributed by atoms with Crippen molar-refractivity contribution in [1.82, 2.24) is 10.3 Å². The first-order valence-corrected chi connectivity index (χ1v) is 7.59. The fraction of sp³-hybridized carbons (Fsp3) is 0.471. The van der Waals surface area contributed by atoms with Gasteiger partial charge in [0.05, 0.1) is 0 Å². The van der Waals surface area contributed by atoms with Gasteiger partial charge in [-0.25, -0.2) is 0 Å². The fourth-order valence-corrected chi connectivity index (χ4v) is 2.61. The van der Waals surface area contributed by atoms with Crippen LogP contribution >= 0.6 is 0 Å². The summed E-state index contributed by atoms with van der Waals surface area (Å²) in [4.78, 5) is 15.2. The Morgan fingerprint density at radius 2 is 2.10 bits per heavy atom. The molecule has 1 aromatic carbocycles. The Morgan fingerprint density at radius 3 is 2.85 bits per heavy atom. The van der Waals surface area contributed by atoms with E-state index in [1.807, 2.05) is 18.3 Å². The van der Waals surface area contributed by atoms with Gasteiger partial charge in [0.15, 0.2) is 0 Å². The number of amides is 1. The van der Waals surface area contributed by atoms with Gasteiger partial charge in [0.25, 0.3) is 0 Å². The van der Waals surface area contributed by atoms with E-state index in [0.717, 1.165) is 31.2 Å². The quantitative estimate of drug-likeness (QED) is 0.791. The van der Waals surface area contributed by atoms with Gasteiger partial charge in [0, 0.05) is 29.6 Å². The minimum atomic E-state index is 0.163. The van der Waals surface area contributed by atoms with Crippen LogP contribution in [0.3, 0.4) is 0 Å². The zero-order valence-electron chi connectivity index (χ0n) is 12.4. The highest BCUT2D eigenvalue weighted by atomic mass is 16.1. The second kappa shape index (κ2) is 7.13. The topological polar surface area (TPSA) is 44.9 Å². The molecule has 0 bridgehead atoms. The summed E-state index contributed by atoms with van der Waals surface area (Å²) in [6, 6.07) is 8.55. The van der Waals surface area contributed by atoms with E-state index in [9.17, 15) is 4.79 Å². The van der Waals surface area contributed by atoms with E-state index < -0.39 is 0 Å². The molecule has 0 aliphatic carbocycles. The van der Waals surface area contributed by atoms with Crippen molar-refractivity contribution in [3.8, 4) is 0 Å². The summed E-state index contributed by atoms with van der Waals surface area (Å²) < 4.78 is 0. The number of hydrogen-bond acceptors (Lipinski definition) is 1. The Hall–Kier alpha value is -1.77. The minimum Gasteiger partial charge on any atom is -0.361 e. The standard InChI is InChI=1S/C17H24N2O/c1-3-7-14(4-2)19-17(20)11-10-13-12-18-16-9-6-5-8-15(13)16/h5-6,8-9,12,14,18H,3-4,7,10-11H2,1-2H3,(H,19,20). The lowest BCUT2D eigenvalue weighted by Gasteiger charge is -2.15. The van der Waals surface area contributed by atoms with Crippen molar-refractivity contribution >= 4 is 16.8 Å². The van der Waals surface area contributed by atoms with Crippen LogP contribution in [0.15, 0.2) is 30.5 Å². The Labute approximate surface area is 120 Å². The first kappa shape index (κ1) is 14.6. The van der Waals surface area contributed by atoms with E-state index in [4.69, 9.17) is 0 Å². The van der Waals surface area contributed by atoms with Crippen molar-refractivity contribution in [3.63, 3.8) is 0 Å². The molecule has 20 heavy (non-hydrogen) atoms. The van der Waals surface area contributed by atoms with Crippen LogP contribution in [-0.2, 0) is 11.2 Å². The van der Waals surface area contributed by atoms with Gasteiger partial charge in [0.2, 0.25) is 5.91 Å². The highest BCUT2D eigenvalue weighted by Crippen LogP contribution is 2.18. The van der Waals surface area contributed by atoms with Gasteiger partial charge in [-0.2, -0.15) is 0 Å². The average Bonchev–Trinajstić information content (AvgIpc) is 2.88. The van der Waals surface area contributed by atoms with Crippen LogP contribution in [0.4, 0.5) is 0 Å². The molecule has 2 rings (SSSR count). The van der Waals surface area contributed by atoms with Crippen molar-refractivity contribution < 1.29 is 4.79 Å². The zero-order valence-corrected chi connectivity index (χ0v) is 12.4. The largest absolute Gasteiger partial charge is 0.361 e. The Kier molecular flexibility index (Phi) is 5.22. The van der Waals surface area contributed by atoms with Crippen LogP contribution in [0.1, 0.15) is 45.1 Å². The molecule has 2 N–H and O–H groups in total. The summed E-state index contributed by atoms with van der Waals surface area (Å²) in [7, 11) is 0. The number of carbonyl (C=O) groups excluding carboxylic acids is 1. The Bertz CT molecular complexity index is 559. The van der Waals surface area contributed by atoms with Crippen LogP contribution < -0.4 is 5.32 Å². The molecule has 2 aromatic rings. The molecular weight excluding hydrogens is 248 g/mol. The van der Waals surface area contributed by atoms with E-state index in [0.29, 0.717) is 12.5 Å². The Balaban J connectivity index is 1.90. The van der Waals surface area contributed by atoms with Gasteiger partial charge in [-0.15, -0.1) is 0 Å². The lowest BCUT2D eigenvalue weighted by atomic mass is 10.1. The van der Waals surface area contributed by atoms with Crippen LogP contribution in [0.2, 0.25) is 0 Å². The van der Waals surface area contributed by atoms with Crippen molar-refractivity contribution in [2.75, 3.05) is 0 Å². The molecule has 1 amide bonds. The van der Waals surface area contributed by atoms with Gasteiger partial charge in [-0.05, 0) is 30.9 Å². The summed E-state index contributed by atoms with van der Waals surface area (Å²) in [6.45, 7) is 4.28. The molecule has 3 nitrogen and oxygen atoms in total. The van der Waals surface area contributed by atoms with Crippen molar-refractivity contribution in [3.05, 3.63) is 36.0 Å². The van der Waals surface area contributed by atoms with Gasteiger partial charge < -0.3 is 10.3 Å². The third-order valence-electron chi connectivity index (χ3n) is 3.79. The smallest absolute Gasteiger partial charge is 0.220 e. The number of H-pyrrole nitrogens is 1. The molecule has 1 unspecified atom stereocenters. The summed E-state index contributed by atoms with van der Waals surface area (Å²) in [5.41, 5.74) is 2.36. The first-order valence-electron chi connectivity index (χ1n) is 7.59. The van der Waals surface area contributed by atoms with Crippen molar-refractivity contribution in [1.29, 1.82) is 0 Å². The average molecular weight is 272 g/mol. The van der Waals surface area contributed by atoms with Gasteiger partial charge in [-0.3, -0.25) is 4.79 Å². The summed E-state index contributed by atoms with van der Waals surface area (Å²) in [5.74, 6) is 0.163. The molecule has 0 fully saturated rings. The molecule has 0 spiro atoms. The third kappa shape index (κ3) is 3.62. The molecule has 1 heterocycles. The maximum absolute atomic E-state index is 12.0. The van der Waals surface area contributed by atoms with Crippen molar-refractivity contribution in [2.24, 2.45) is 0 Å². The number of carbonyl (C=O) groups is 1. The van der Waals surface area contributed by atoms with Crippen LogP contribution in [0, 0.1) is 0 Å². The predicted molar refractivity (Wildman–Crippen MR) is 83.7 cm³/mol. The highest BCUT2D eigenvalue weighted by molar-refractivity contribution is 5.84. The zero-order chi connectivity index (χ0) is 14.4. The molecule has 0 saturated heterocycles. The number of nitrogens with one attached hydrogen (secondary N) is 2. The lowest BCUT2D eigenvalue weighted by Crippen LogP contribution is -2.34. The minimum absolute atomic E-state index is 0.163. The molecule has 0 aliphatic heterocycles. The SMILES string of the molecule is CCCC(CC)NC(=O)CCc1c[nH]c2ccccc12. The number of fused-ring (bicyclic) bond motifs is 1. The van der Waals surface area contributed by atoms with Crippen molar-refractivity contribution in [2.45, 2.75) is 52.0 Å². The maximum Gasteiger partial charge on any atom is 0.220 e. The van der Waals surface area contributed by atoms with E-state index in [1.54, 1.807) is 0 Å². The molecule has 3 heteroatoms. The molecule has 0 aliphatic rings. The monoisotopic (exact) mass is 272 g/mol. The second-order valence-electron chi connectivity index (χ2n) is 5.32. The Morgan fingerprint density at radius 1 is 1.30 bits per heavy atom. The molecule has 0 radical (unpaired) electrons. The third-order valence-corrected chi connectivity index (χ3v) is 3.79. The van der Waals surface area contributed by atoms with E-state index in [2.05, 4.69) is 36.3 Å². The number of benzene rings is 1. The summed E-state index contributed by atoms with van der Waals surface area (Å²) in [6.07, 6.45) is 6.55. The van der Waals surface area contributed by atoms with Crippen LogP contribution in [-0.4, -0.2) is 16.9 Å². The van der Waals surface area contributed by atoms with Gasteiger partial charge >= 0.3 is 0 Å². The molecule has 1 aromatic heterocycles. The first-order chi connectivity index (χ1) is 9.74. The summed E-state index contributed by atoms with van der Waals surface area (Å²) >= 11 is 0. The predicted octanol–water partition coefficient (Wildman–Crippen LogP) is 3.80. The van der Waals surface area contributed by atoms with Gasteiger partial charge in [0.1, 0.15) is 0 Å². The number of hydrogen-bond donors (Lipinski definition) is 2. The number of aromatic nitrogens is 1. The molecular formula is C17H24N2O. The van der Waals surface area contributed by atoms with Crippen LogP contribution in [0.5, 0.6) is 0 Å². The molecule has 0 saturated carbocycles. The number of aryl methyl sites for hydroxylation is 1. The van der Waals surface area contributed by atoms with Gasteiger partial charge in [-0.1, -0.05) is 38.5 Å². The van der Waals surface area contributed by atoms with E-state index in [-0.39, 0.29) is 5.91 Å². The highest BCUT2D eigenvalue weighted by Gasteiger charge is 2.10. The lowest BCUT2D eigenvalue weighted by molar-refractivity contribution is -0.121. The maximum atomic E-state index is 12.0. The number of para-hydroxylation sites is 1. The molecule has 1 atom stereocenters. The second-order valence-corrected chi connectivity index (χ2v) is 5.32.